The molecule has 0 N–H and O–H groups in total. The van der Waals surface area contributed by atoms with E-state index in [-0.39, 0.29) is 11.6 Å². The van der Waals surface area contributed by atoms with Crippen LogP contribution in [0.2, 0.25) is 0 Å². The second-order valence-corrected chi connectivity index (χ2v) is 5.91. The van der Waals surface area contributed by atoms with E-state index in [2.05, 4.69) is 0 Å². The fourth-order valence-corrected chi connectivity index (χ4v) is 3.57. The molecule has 0 bridgehead atoms. The highest BCUT2D eigenvalue weighted by Crippen LogP contribution is 2.35. The molecule has 110 valence electrons. The minimum Gasteiger partial charge on any atom is -0.496 e. The number of carbonyl (C=O) groups is 2. The van der Waals surface area contributed by atoms with Crippen molar-refractivity contribution < 1.29 is 14.3 Å². The van der Waals surface area contributed by atoms with Gasteiger partial charge in [0.25, 0.3) is 0 Å². The Labute approximate surface area is 128 Å². The van der Waals surface area contributed by atoms with E-state index in [1.165, 1.54) is 18.2 Å². The van der Waals surface area contributed by atoms with Gasteiger partial charge in [0.1, 0.15) is 5.75 Å². The molecule has 2 aromatic rings. The number of methoxy groups -OCH3 is 1. The lowest BCUT2D eigenvalue weighted by molar-refractivity contribution is 0.0976. The maximum Gasteiger partial charge on any atom is 0.198 e. The summed E-state index contributed by atoms with van der Waals surface area (Å²) >= 11 is 0. The van der Waals surface area contributed by atoms with Crippen LogP contribution in [0.5, 0.6) is 5.75 Å². The van der Waals surface area contributed by atoms with E-state index in [1.54, 1.807) is 18.2 Å². The van der Waals surface area contributed by atoms with Crippen molar-refractivity contribution in [2.45, 2.75) is 25.7 Å². The van der Waals surface area contributed by atoms with Crippen molar-refractivity contribution in [3.05, 3.63) is 63.7 Å². The number of ketones is 2. The molecular weight excluding hydrogens is 276 g/mol. The van der Waals surface area contributed by atoms with Crippen LogP contribution in [-0.4, -0.2) is 18.7 Å². The Hall–Kier alpha value is -2.42. The standard InChI is InChI=1S/C19H16O3/c1-22-16-8-4-7-13-17(16)19(21)15-10-12-6-3-2-5-11(12)9-14(15)18(13)20/h4,7-10H,2-3,5-6H2,1H3. The van der Waals surface area contributed by atoms with E-state index in [9.17, 15) is 9.59 Å². The number of carbonyl (C=O) groups excluding carboxylic acids is 2. The average molecular weight is 292 g/mol. The van der Waals surface area contributed by atoms with Crippen LogP contribution < -0.4 is 4.74 Å². The van der Waals surface area contributed by atoms with Gasteiger partial charge in [-0.15, -0.1) is 0 Å². The highest BCUT2D eigenvalue weighted by atomic mass is 16.5. The molecule has 3 heteroatoms. The molecule has 0 saturated carbocycles. The molecule has 0 amide bonds. The Morgan fingerprint density at radius 1 is 0.864 bits per heavy atom. The monoisotopic (exact) mass is 292 g/mol. The maximum atomic E-state index is 12.9. The molecule has 2 aromatic carbocycles. The van der Waals surface area contributed by atoms with Gasteiger partial charge >= 0.3 is 0 Å². The average Bonchev–Trinajstić information content (AvgIpc) is 2.57. The minimum atomic E-state index is -0.101. The second kappa shape index (κ2) is 4.80. The molecule has 0 saturated heterocycles. The third-order valence-electron chi connectivity index (χ3n) is 4.69. The molecule has 22 heavy (non-hydrogen) atoms. The Bertz CT molecular complexity index is 818. The maximum absolute atomic E-state index is 12.9. The van der Waals surface area contributed by atoms with Crippen LogP contribution in [0.25, 0.3) is 0 Å². The first-order valence-electron chi connectivity index (χ1n) is 7.63. The third-order valence-corrected chi connectivity index (χ3v) is 4.69. The first-order valence-corrected chi connectivity index (χ1v) is 7.63. The first-order chi connectivity index (χ1) is 10.7. The fourth-order valence-electron chi connectivity index (χ4n) is 3.57. The molecule has 0 aliphatic heterocycles. The Balaban J connectivity index is 1.97. The fraction of sp³-hybridized carbons (Fsp3) is 0.263. The van der Waals surface area contributed by atoms with Crippen LogP contribution in [0.3, 0.4) is 0 Å². The molecule has 0 fully saturated rings. The normalized spacial score (nSPS) is 15.9. The summed E-state index contributed by atoms with van der Waals surface area (Å²) in [5.41, 5.74) is 4.36. The summed E-state index contributed by atoms with van der Waals surface area (Å²) in [6.07, 6.45) is 4.28. The summed E-state index contributed by atoms with van der Waals surface area (Å²) in [6.45, 7) is 0. The number of benzene rings is 2. The molecular formula is C19H16O3. The van der Waals surface area contributed by atoms with E-state index in [4.69, 9.17) is 4.74 Å². The second-order valence-electron chi connectivity index (χ2n) is 5.91. The Morgan fingerprint density at radius 3 is 2.14 bits per heavy atom. The summed E-state index contributed by atoms with van der Waals surface area (Å²) in [6, 6.07) is 9.06. The van der Waals surface area contributed by atoms with Gasteiger partial charge in [-0.05, 0) is 55.0 Å². The van der Waals surface area contributed by atoms with Gasteiger partial charge in [0, 0.05) is 16.7 Å². The smallest absolute Gasteiger partial charge is 0.198 e. The van der Waals surface area contributed by atoms with E-state index in [1.807, 2.05) is 12.1 Å². The molecule has 2 aliphatic carbocycles. The van der Waals surface area contributed by atoms with Crippen LogP contribution in [0, 0.1) is 0 Å². The van der Waals surface area contributed by atoms with Crippen LogP contribution in [-0.2, 0) is 12.8 Å². The van der Waals surface area contributed by atoms with Crippen molar-refractivity contribution in [1.29, 1.82) is 0 Å². The molecule has 0 atom stereocenters. The predicted molar refractivity (Wildman–Crippen MR) is 82.9 cm³/mol. The minimum absolute atomic E-state index is 0.0723. The Morgan fingerprint density at radius 2 is 1.50 bits per heavy atom. The topological polar surface area (TPSA) is 43.4 Å². The third kappa shape index (κ3) is 1.75. The van der Waals surface area contributed by atoms with Crippen LogP contribution in [0.4, 0.5) is 0 Å². The molecule has 0 radical (unpaired) electrons. The summed E-state index contributed by atoms with van der Waals surface area (Å²) in [4.78, 5) is 25.7. The summed E-state index contributed by atoms with van der Waals surface area (Å²) in [5, 5.41) is 0. The van der Waals surface area contributed by atoms with Gasteiger partial charge in [0.15, 0.2) is 11.6 Å². The number of hydrogen-bond donors (Lipinski definition) is 0. The lowest BCUT2D eigenvalue weighted by Crippen LogP contribution is -2.23. The summed E-state index contributed by atoms with van der Waals surface area (Å²) in [7, 11) is 1.52. The van der Waals surface area contributed by atoms with Crippen molar-refractivity contribution >= 4 is 11.6 Å². The molecule has 0 aromatic heterocycles. The molecule has 0 spiro atoms. The van der Waals surface area contributed by atoms with Crippen molar-refractivity contribution in [3.63, 3.8) is 0 Å². The molecule has 4 rings (SSSR count). The number of hydrogen-bond acceptors (Lipinski definition) is 3. The molecule has 3 nitrogen and oxygen atoms in total. The van der Waals surface area contributed by atoms with Gasteiger partial charge in [-0.1, -0.05) is 12.1 Å². The number of fused-ring (bicyclic) bond motifs is 3. The largest absolute Gasteiger partial charge is 0.496 e. The predicted octanol–water partition coefficient (Wildman–Crippen LogP) is 3.35. The van der Waals surface area contributed by atoms with Crippen molar-refractivity contribution in [3.8, 4) is 5.75 Å². The quantitative estimate of drug-likeness (QED) is 0.691. The van der Waals surface area contributed by atoms with Crippen molar-refractivity contribution in [1.82, 2.24) is 0 Å². The number of aryl methyl sites for hydroxylation is 2. The van der Waals surface area contributed by atoms with E-state index in [0.717, 1.165) is 25.7 Å². The Kier molecular flexibility index (Phi) is 2.89. The highest BCUT2D eigenvalue weighted by molar-refractivity contribution is 6.29. The summed E-state index contributed by atoms with van der Waals surface area (Å²) < 4.78 is 5.29. The number of rotatable bonds is 1. The van der Waals surface area contributed by atoms with Gasteiger partial charge in [-0.25, -0.2) is 0 Å². The van der Waals surface area contributed by atoms with E-state index >= 15 is 0 Å². The van der Waals surface area contributed by atoms with Crippen molar-refractivity contribution in [2.75, 3.05) is 7.11 Å². The van der Waals surface area contributed by atoms with Gasteiger partial charge < -0.3 is 4.74 Å². The lowest BCUT2D eigenvalue weighted by Gasteiger charge is -2.23. The van der Waals surface area contributed by atoms with Crippen LogP contribution >= 0.6 is 0 Å². The molecule has 0 unspecified atom stereocenters. The summed E-state index contributed by atoms with van der Waals surface area (Å²) in [5.74, 6) is 0.298. The zero-order valence-corrected chi connectivity index (χ0v) is 12.4. The van der Waals surface area contributed by atoms with Gasteiger partial charge in [-0.3, -0.25) is 9.59 Å². The van der Waals surface area contributed by atoms with Crippen LogP contribution in [0.15, 0.2) is 30.3 Å². The van der Waals surface area contributed by atoms with Crippen molar-refractivity contribution in [2.24, 2.45) is 0 Å². The van der Waals surface area contributed by atoms with E-state index < -0.39 is 0 Å². The molecule has 0 heterocycles. The number of ether oxygens (including phenoxy) is 1. The highest BCUT2D eigenvalue weighted by Gasteiger charge is 2.33. The SMILES string of the molecule is COc1cccc2c1C(=O)c1cc3c(cc1C2=O)CCCC3. The van der Waals surface area contributed by atoms with Gasteiger partial charge in [-0.2, -0.15) is 0 Å². The zero-order chi connectivity index (χ0) is 15.3. The van der Waals surface area contributed by atoms with Crippen LogP contribution in [0.1, 0.15) is 55.8 Å². The first kappa shape index (κ1) is 13.3. The zero-order valence-electron chi connectivity index (χ0n) is 12.4. The lowest BCUT2D eigenvalue weighted by atomic mass is 9.79. The van der Waals surface area contributed by atoms with Gasteiger partial charge in [0.05, 0.1) is 12.7 Å². The van der Waals surface area contributed by atoms with E-state index in [0.29, 0.717) is 28.0 Å². The molecule has 2 aliphatic rings. The van der Waals surface area contributed by atoms with Gasteiger partial charge in [0.2, 0.25) is 0 Å².